The van der Waals surface area contributed by atoms with E-state index in [-0.39, 0.29) is 17.4 Å². The van der Waals surface area contributed by atoms with Gasteiger partial charge in [0.25, 0.3) is 5.88 Å². The Bertz CT molecular complexity index is 846. The first-order chi connectivity index (χ1) is 10.8. The summed E-state index contributed by atoms with van der Waals surface area (Å²) in [5, 5.41) is 9.10. The van der Waals surface area contributed by atoms with Gasteiger partial charge in [-0.05, 0) is 24.3 Å². The third-order valence-electron chi connectivity index (χ3n) is 2.83. The summed E-state index contributed by atoms with van der Waals surface area (Å²) in [6.45, 7) is 0. The van der Waals surface area contributed by atoms with Crippen molar-refractivity contribution in [1.82, 2.24) is 15.0 Å². The molecule has 0 spiro atoms. The standard InChI is InChI=1S/C16H9FN4O/c17-12-3-1-2-11(8-12)15-10-20-14(9-18)16(21-15)22-13-4-6-19-7-5-13/h1-8,10H. The third kappa shape index (κ3) is 2.88. The van der Waals surface area contributed by atoms with Crippen LogP contribution in [0.4, 0.5) is 4.39 Å². The Balaban J connectivity index is 2.02. The van der Waals surface area contributed by atoms with Crippen LogP contribution in [-0.4, -0.2) is 15.0 Å². The van der Waals surface area contributed by atoms with Gasteiger partial charge in [0.2, 0.25) is 5.69 Å². The lowest BCUT2D eigenvalue weighted by Gasteiger charge is -2.07. The summed E-state index contributed by atoms with van der Waals surface area (Å²) in [6.07, 6.45) is 4.53. The van der Waals surface area contributed by atoms with Gasteiger partial charge in [-0.1, -0.05) is 12.1 Å². The van der Waals surface area contributed by atoms with Gasteiger partial charge < -0.3 is 4.74 Å². The predicted octanol–water partition coefficient (Wildman–Crippen LogP) is 3.34. The fourth-order valence-electron chi connectivity index (χ4n) is 1.82. The largest absolute Gasteiger partial charge is 0.436 e. The number of hydrogen-bond acceptors (Lipinski definition) is 5. The molecule has 0 aliphatic rings. The number of halogens is 1. The van der Waals surface area contributed by atoms with E-state index in [1.54, 1.807) is 36.7 Å². The molecular weight excluding hydrogens is 283 g/mol. The SMILES string of the molecule is N#Cc1ncc(-c2cccc(F)c2)nc1Oc1ccncc1. The lowest BCUT2D eigenvalue weighted by atomic mass is 10.1. The predicted molar refractivity (Wildman–Crippen MR) is 76.5 cm³/mol. The van der Waals surface area contributed by atoms with E-state index < -0.39 is 0 Å². The Kier molecular flexibility index (Phi) is 3.70. The van der Waals surface area contributed by atoms with Gasteiger partial charge in [-0.2, -0.15) is 5.26 Å². The molecule has 5 nitrogen and oxygen atoms in total. The molecule has 0 saturated heterocycles. The Labute approximate surface area is 125 Å². The molecule has 0 unspecified atom stereocenters. The van der Waals surface area contributed by atoms with Gasteiger partial charge >= 0.3 is 0 Å². The molecule has 0 radical (unpaired) electrons. The normalized spacial score (nSPS) is 10.0. The van der Waals surface area contributed by atoms with Crippen molar-refractivity contribution in [1.29, 1.82) is 5.26 Å². The first-order valence-corrected chi connectivity index (χ1v) is 6.37. The lowest BCUT2D eigenvalue weighted by molar-refractivity contribution is 0.458. The maximum absolute atomic E-state index is 13.3. The molecule has 3 aromatic rings. The van der Waals surface area contributed by atoms with Crippen LogP contribution < -0.4 is 4.74 Å². The van der Waals surface area contributed by atoms with E-state index in [4.69, 9.17) is 10.00 Å². The zero-order valence-electron chi connectivity index (χ0n) is 11.3. The summed E-state index contributed by atoms with van der Waals surface area (Å²) in [4.78, 5) is 12.2. The molecule has 0 N–H and O–H groups in total. The molecule has 3 rings (SSSR count). The van der Waals surface area contributed by atoms with E-state index in [1.165, 1.54) is 18.3 Å². The molecule has 0 bridgehead atoms. The van der Waals surface area contributed by atoms with Crippen LogP contribution >= 0.6 is 0 Å². The summed E-state index contributed by atoms with van der Waals surface area (Å²) < 4.78 is 18.9. The van der Waals surface area contributed by atoms with E-state index >= 15 is 0 Å². The highest BCUT2D eigenvalue weighted by atomic mass is 19.1. The second kappa shape index (κ2) is 5.97. The average molecular weight is 292 g/mol. The van der Waals surface area contributed by atoms with Crippen LogP contribution in [0.2, 0.25) is 0 Å². The number of ether oxygens (including phenoxy) is 1. The first-order valence-electron chi connectivity index (χ1n) is 6.37. The fraction of sp³-hybridized carbons (Fsp3) is 0. The monoisotopic (exact) mass is 292 g/mol. The Morgan fingerprint density at radius 3 is 2.68 bits per heavy atom. The maximum atomic E-state index is 13.3. The molecule has 0 aliphatic carbocycles. The minimum atomic E-state index is -0.375. The summed E-state index contributed by atoms with van der Waals surface area (Å²) in [5.74, 6) is 0.174. The zero-order valence-corrected chi connectivity index (χ0v) is 11.3. The molecule has 0 saturated carbocycles. The number of pyridine rings is 1. The van der Waals surface area contributed by atoms with Crippen LogP contribution in [0.5, 0.6) is 11.6 Å². The van der Waals surface area contributed by atoms with Crippen molar-refractivity contribution in [3.63, 3.8) is 0 Å². The summed E-state index contributed by atoms with van der Waals surface area (Å²) in [6, 6.07) is 11.2. The number of aromatic nitrogens is 3. The molecule has 0 fully saturated rings. The second-order valence-electron chi connectivity index (χ2n) is 4.32. The molecule has 2 heterocycles. The molecule has 0 amide bonds. The smallest absolute Gasteiger partial charge is 0.257 e. The van der Waals surface area contributed by atoms with Gasteiger partial charge in [-0.15, -0.1) is 0 Å². The van der Waals surface area contributed by atoms with Crippen molar-refractivity contribution >= 4 is 0 Å². The average Bonchev–Trinajstić information content (AvgIpc) is 2.56. The molecule has 6 heteroatoms. The minimum Gasteiger partial charge on any atom is -0.436 e. The van der Waals surface area contributed by atoms with Crippen LogP contribution in [0.3, 0.4) is 0 Å². The first kappa shape index (κ1) is 13.6. The van der Waals surface area contributed by atoms with Crippen LogP contribution in [-0.2, 0) is 0 Å². The second-order valence-corrected chi connectivity index (χ2v) is 4.32. The van der Waals surface area contributed by atoms with Crippen LogP contribution in [0.1, 0.15) is 5.69 Å². The highest BCUT2D eigenvalue weighted by molar-refractivity contribution is 5.59. The van der Waals surface area contributed by atoms with Crippen molar-refractivity contribution in [2.24, 2.45) is 0 Å². The molecular formula is C16H9FN4O. The fourth-order valence-corrected chi connectivity index (χ4v) is 1.82. The van der Waals surface area contributed by atoms with Crippen molar-refractivity contribution in [3.05, 3.63) is 66.5 Å². The number of hydrogen-bond donors (Lipinski definition) is 0. The highest BCUT2D eigenvalue weighted by Crippen LogP contribution is 2.25. The Morgan fingerprint density at radius 2 is 1.95 bits per heavy atom. The molecule has 1 aromatic carbocycles. The van der Waals surface area contributed by atoms with Crippen LogP contribution in [0.25, 0.3) is 11.3 Å². The van der Waals surface area contributed by atoms with Crippen LogP contribution in [0.15, 0.2) is 55.0 Å². The molecule has 22 heavy (non-hydrogen) atoms. The van der Waals surface area contributed by atoms with E-state index in [1.807, 2.05) is 6.07 Å². The molecule has 106 valence electrons. The zero-order chi connectivity index (χ0) is 15.4. The van der Waals surface area contributed by atoms with Crippen molar-refractivity contribution < 1.29 is 9.13 Å². The maximum Gasteiger partial charge on any atom is 0.257 e. The van der Waals surface area contributed by atoms with Gasteiger partial charge in [0.15, 0.2) is 0 Å². The van der Waals surface area contributed by atoms with Gasteiger partial charge in [-0.3, -0.25) is 4.98 Å². The van der Waals surface area contributed by atoms with E-state index in [2.05, 4.69) is 15.0 Å². The van der Waals surface area contributed by atoms with Gasteiger partial charge in [-0.25, -0.2) is 14.4 Å². The number of benzene rings is 1. The minimum absolute atomic E-state index is 0.0527. The summed E-state index contributed by atoms with van der Waals surface area (Å²) >= 11 is 0. The van der Waals surface area contributed by atoms with Gasteiger partial charge in [0, 0.05) is 18.0 Å². The van der Waals surface area contributed by atoms with Crippen LogP contribution in [0, 0.1) is 17.1 Å². The summed E-state index contributed by atoms with van der Waals surface area (Å²) in [7, 11) is 0. The Hall–Kier alpha value is -3.33. The summed E-state index contributed by atoms with van der Waals surface area (Å²) in [5.41, 5.74) is 1.02. The van der Waals surface area contributed by atoms with E-state index in [0.717, 1.165) is 0 Å². The highest BCUT2D eigenvalue weighted by Gasteiger charge is 2.11. The van der Waals surface area contributed by atoms with E-state index in [0.29, 0.717) is 17.0 Å². The van der Waals surface area contributed by atoms with Crippen molar-refractivity contribution in [2.45, 2.75) is 0 Å². The number of nitrogens with zero attached hydrogens (tertiary/aromatic N) is 4. The number of rotatable bonds is 3. The quantitative estimate of drug-likeness (QED) is 0.740. The lowest BCUT2D eigenvalue weighted by Crippen LogP contribution is -1.97. The van der Waals surface area contributed by atoms with Gasteiger partial charge in [0.1, 0.15) is 17.6 Å². The number of nitriles is 1. The third-order valence-corrected chi connectivity index (χ3v) is 2.83. The van der Waals surface area contributed by atoms with Crippen molar-refractivity contribution in [2.75, 3.05) is 0 Å². The topological polar surface area (TPSA) is 71.7 Å². The molecule has 0 aliphatic heterocycles. The van der Waals surface area contributed by atoms with E-state index in [9.17, 15) is 4.39 Å². The van der Waals surface area contributed by atoms with Gasteiger partial charge in [0.05, 0.1) is 11.9 Å². The van der Waals surface area contributed by atoms with Crippen molar-refractivity contribution in [3.8, 4) is 29.0 Å². The molecule has 2 aromatic heterocycles. The molecule has 0 atom stereocenters. The Morgan fingerprint density at radius 1 is 1.14 bits per heavy atom.